The second-order valence-electron chi connectivity index (χ2n) is 4.05. The first-order chi connectivity index (χ1) is 6.27. The first-order valence-electron chi connectivity index (χ1n) is 4.96. The van der Waals surface area contributed by atoms with Crippen molar-refractivity contribution >= 4 is 6.09 Å². The van der Waals surface area contributed by atoms with Gasteiger partial charge >= 0.3 is 6.09 Å². The summed E-state index contributed by atoms with van der Waals surface area (Å²) < 4.78 is 0. The molecule has 2 aliphatic rings. The van der Waals surface area contributed by atoms with E-state index in [0.29, 0.717) is 11.8 Å². The molecule has 74 valence electrons. The second-order valence-corrected chi connectivity index (χ2v) is 4.05. The van der Waals surface area contributed by atoms with Crippen molar-refractivity contribution in [3.8, 4) is 0 Å². The summed E-state index contributed by atoms with van der Waals surface area (Å²) in [6, 6.07) is 0. The molecule has 2 saturated heterocycles. The number of carboxylic acid groups (broad SMARTS) is 1. The van der Waals surface area contributed by atoms with Crippen molar-refractivity contribution in [3.63, 3.8) is 0 Å². The molecule has 2 N–H and O–H groups in total. The Kier molecular flexibility index (Phi) is 2.40. The van der Waals surface area contributed by atoms with E-state index in [1.54, 1.807) is 0 Å². The first-order valence-corrected chi connectivity index (χ1v) is 4.96. The number of carbonyl (C=O) groups is 1. The second kappa shape index (κ2) is 3.54. The Hall–Kier alpha value is -0.770. The van der Waals surface area contributed by atoms with E-state index >= 15 is 0 Å². The van der Waals surface area contributed by atoms with E-state index in [2.05, 4.69) is 5.32 Å². The van der Waals surface area contributed by atoms with Crippen LogP contribution in [0, 0.1) is 11.8 Å². The molecule has 0 spiro atoms. The maximum absolute atomic E-state index is 10.5. The number of piperidine rings is 1. The Morgan fingerprint density at radius 1 is 1.38 bits per heavy atom. The van der Waals surface area contributed by atoms with Crippen LogP contribution >= 0.6 is 0 Å². The van der Waals surface area contributed by atoms with Gasteiger partial charge in [0.15, 0.2) is 0 Å². The highest BCUT2D eigenvalue weighted by atomic mass is 16.4. The molecule has 2 aliphatic heterocycles. The fraction of sp³-hybridized carbons (Fsp3) is 0.889. The van der Waals surface area contributed by atoms with Gasteiger partial charge < -0.3 is 15.3 Å². The summed E-state index contributed by atoms with van der Waals surface area (Å²) in [6.45, 7) is 3.72. The van der Waals surface area contributed by atoms with E-state index in [0.717, 1.165) is 26.2 Å². The van der Waals surface area contributed by atoms with E-state index in [1.165, 1.54) is 17.7 Å². The van der Waals surface area contributed by atoms with E-state index in [9.17, 15) is 4.79 Å². The highest BCUT2D eigenvalue weighted by Gasteiger charge is 2.36. The van der Waals surface area contributed by atoms with Crippen molar-refractivity contribution in [1.82, 2.24) is 10.2 Å². The number of likely N-dealkylation sites (tertiary alicyclic amines) is 1. The molecule has 2 rings (SSSR count). The average Bonchev–Trinajstić information content (AvgIpc) is 2.02. The van der Waals surface area contributed by atoms with Crippen molar-refractivity contribution in [2.24, 2.45) is 11.8 Å². The molecular formula is C9H16N2O2. The minimum Gasteiger partial charge on any atom is -0.465 e. The summed E-state index contributed by atoms with van der Waals surface area (Å²) >= 11 is 0. The Bertz CT molecular complexity index is 196. The molecule has 1 amide bonds. The van der Waals surface area contributed by atoms with Gasteiger partial charge in [-0.2, -0.15) is 0 Å². The lowest BCUT2D eigenvalue weighted by molar-refractivity contribution is 0.0478. The molecule has 0 aliphatic carbocycles. The largest absolute Gasteiger partial charge is 0.465 e. The molecular weight excluding hydrogens is 168 g/mol. The molecule has 2 heterocycles. The Morgan fingerprint density at radius 2 is 2.15 bits per heavy atom. The minimum atomic E-state index is -0.764. The molecule has 4 nitrogen and oxygen atoms in total. The fourth-order valence-corrected chi connectivity index (χ4v) is 2.25. The van der Waals surface area contributed by atoms with Crippen molar-refractivity contribution in [2.45, 2.75) is 12.8 Å². The van der Waals surface area contributed by atoms with Gasteiger partial charge in [0.05, 0.1) is 0 Å². The van der Waals surface area contributed by atoms with Crippen LogP contribution in [0.25, 0.3) is 0 Å². The third-order valence-electron chi connectivity index (χ3n) is 3.18. The molecule has 13 heavy (non-hydrogen) atoms. The zero-order chi connectivity index (χ0) is 9.26. The lowest BCUT2D eigenvalue weighted by Crippen LogP contribution is -2.54. The lowest BCUT2D eigenvalue weighted by Gasteiger charge is -2.43. The van der Waals surface area contributed by atoms with Crippen molar-refractivity contribution in [3.05, 3.63) is 0 Å². The number of hydrogen-bond donors (Lipinski definition) is 2. The monoisotopic (exact) mass is 184 g/mol. The number of amides is 1. The van der Waals surface area contributed by atoms with Gasteiger partial charge in [-0.05, 0) is 37.8 Å². The van der Waals surface area contributed by atoms with Gasteiger partial charge in [-0.15, -0.1) is 0 Å². The van der Waals surface area contributed by atoms with Gasteiger partial charge in [0.1, 0.15) is 0 Å². The summed E-state index contributed by atoms with van der Waals surface area (Å²) in [5.74, 6) is 1.33. The van der Waals surface area contributed by atoms with Crippen LogP contribution in [0.3, 0.4) is 0 Å². The molecule has 0 aromatic heterocycles. The third kappa shape index (κ3) is 1.77. The summed E-state index contributed by atoms with van der Waals surface area (Å²) in [6.07, 6.45) is 1.75. The average molecular weight is 184 g/mol. The predicted molar refractivity (Wildman–Crippen MR) is 48.7 cm³/mol. The van der Waals surface area contributed by atoms with Crippen LogP contribution in [0.15, 0.2) is 0 Å². The molecule has 0 saturated carbocycles. The summed E-state index contributed by atoms with van der Waals surface area (Å²) in [5, 5.41) is 12.0. The fourth-order valence-electron chi connectivity index (χ4n) is 2.25. The Balaban J connectivity index is 1.75. The Labute approximate surface area is 77.9 Å². The maximum atomic E-state index is 10.5. The normalized spacial score (nSPS) is 29.8. The minimum absolute atomic E-state index is 0.615. The molecule has 0 aromatic rings. The highest BCUT2D eigenvalue weighted by Crippen LogP contribution is 2.28. The lowest BCUT2D eigenvalue weighted by atomic mass is 9.81. The highest BCUT2D eigenvalue weighted by molar-refractivity contribution is 5.66. The SMILES string of the molecule is O=C(O)N1CC([C@@H]2CCCNC2)C1. The standard InChI is InChI=1S/C9H16N2O2/c12-9(13)11-5-8(6-11)7-2-1-3-10-4-7/h7-8,10H,1-6H2,(H,12,13)/t7-/m1/s1. The first kappa shape index (κ1) is 8.81. The molecule has 0 unspecified atom stereocenters. The van der Waals surface area contributed by atoms with Crippen molar-refractivity contribution in [1.29, 1.82) is 0 Å². The Morgan fingerprint density at radius 3 is 2.69 bits per heavy atom. The van der Waals surface area contributed by atoms with E-state index in [1.807, 2.05) is 0 Å². The van der Waals surface area contributed by atoms with Crippen LogP contribution in [0.1, 0.15) is 12.8 Å². The van der Waals surface area contributed by atoms with Gasteiger partial charge in [0.25, 0.3) is 0 Å². The van der Waals surface area contributed by atoms with Gasteiger partial charge in [0.2, 0.25) is 0 Å². The van der Waals surface area contributed by atoms with Crippen LogP contribution in [0.2, 0.25) is 0 Å². The molecule has 4 heteroatoms. The van der Waals surface area contributed by atoms with Crippen LogP contribution in [-0.2, 0) is 0 Å². The van der Waals surface area contributed by atoms with E-state index in [4.69, 9.17) is 5.11 Å². The summed E-state index contributed by atoms with van der Waals surface area (Å²) in [7, 11) is 0. The van der Waals surface area contributed by atoms with Crippen molar-refractivity contribution < 1.29 is 9.90 Å². The van der Waals surface area contributed by atoms with Crippen molar-refractivity contribution in [2.75, 3.05) is 26.2 Å². The molecule has 1 atom stereocenters. The predicted octanol–water partition coefficient (Wildman–Crippen LogP) is 0.596. The zero-order valence-corrected chi connectivity index (χ0v) is 7.70. The van der Waals surface area contributed by atoms with Crippen LogP contribution < -0.4 is 5.32 Å². The van der Waals surface area contributed by atoms with Crippen LogP contribution in [0.4, 0.5) is 4.79 Å². The quantitative estimate of drug-likeness (QED) is 0.627. The molecule has 0 aromatic carbocycles. The van der Waals surface area contributed by atoms with Gasteiger partial charge in [-0.25, -0.2) is 4.79 Å². The number of rotatable bonds is 1. The smallest absolute Gasteiger partial charge is 0.407 e. The van der Waals surface area contributed by atoms with Crippen LogP contribution in [-0.4, -0.2) is 42.3 Å². The van der Waals surface area contributed by atoms with Crippen LogP contribution in [0.5, 0.6) is 0 Å². The summed E-state index contributed by atoms with van der Waals surface area (Å²) in [5.41, 5.74) is 0. The number of nitrogens with one attached hydrogen (secondary N) is 1. The zero-order valence-electron chi connectivity index (χ0n) is 7.70. The topological polar surface area (TPSA) is 52.6 Å². The van der Waals surface area contributed by atoms with Gasteiger partial charge in [-0.1, -0.05) is 0 Å². The number of hydrogen-bond acceptors (Lipinski definition) is 2. The maximum Gasteiger partial charge on any atom is 0.407 e. The van der Waals surface area contributed by atoms with E-state index in [-0.39, 0.29) is 0 Å². The van der Waals surface area contributed by atoms with Gasteiger partial charge in [0, 0.05) is 13.1 Å². The third-order valence-corrected chi connectivity index (χ3v) is 3.18. The number of nitrogens with zero attached hydrogens (tertiary/aromatic N) is 1. The molecule has 2 fully saturated rings. The summed E-state index contributed by atoms with van der Waals surface area (Å²) in [4.78, 5) is 12.0. The molecule has 0 bridgehead atoms. The van der Waals surface area contributed by atoms with Gasteiger partial charge in [-0.3, -0.25) is 0 Å². The van der Waals surface area contributed by atoms with E-state index < -0.39 is 6.09 Å². The molecule has 0 radical (unpaired) electrons.